The van der Waals surface area contributed by atoms with Gasteiger partial charge in [-0.3, -0.25) is 0 Å². The summed E-state index contributed by atoms with van der Waals surface area (Å²) in [5.74, 6) is 0. The molecule has 48 valence electrons. The van der Waals surface area contributed by atoms with Crippen LogP contribution in [0.2, 0.25) is 0 Å². The van der Waals surface area contributed by atoms with E-state index in [9.17, 15) is 0 Å². The van der Waals surface area contributed by atoms with Crippen molar-refractivity contribution < 1.29 is 4.79 Å². The second-order valence-corrected chi connectivity index (χ2v) is 0.676. The number of isothiocyanates is 1. The van der Waals surface area contributed by atoms with Gasteiger partial charge >= 0.3 is 6.03 Å². The van der Waals surface area contributed by atoms with Gasteiger partial charge in [-0.05, 0) is 0 Å². The van der Waals surface area contributed by atoms with E-state index in [1.807, 2.05) is 0 Å². The van der Waals surface area contributed by atoms with Crippen LogP contribution < -0.4 is 17.6 Å². The van der Waals surface area contributed by atoms with E-state index in [1.54, 1.807) is 0 Å². The van der Waals surface area contributed by atoms with E-state index in [0.717, 1.165) is 0 Å². The molecule has 6 heteroatoms. The second-order valence-electron chi connectivity index (χ2n) is 0.494. The molecule has 8 heavy (non-hydrogen) atoms. The lowest BCUT2D eigenvalue weighted by molar-refractivity contribution is 0.256. The van der Waals surface area contributed by atoms with Crippen molar-refractivity contribution in [2.45, 2.75) is 0 Å². The number of carbonyl (C=O) groups excluding carboxylic acids is 1. The van der Waals surface area contributed by atoms with Crippen molar-refractivity contribution in [3.05, 3.63) is 5.41 Å². The average molecular weight is 136 g/mol. The number of nitrogens with zero attached hydrogens (tertiary/aromatic N) is 1. The number of urea groups is 1. The summed E-state index contributed by atoms with van der Waals surface area (Å²) < 4.78 is 0. The number of rotatable bonds is 0. The largest absolute Gasteiger partial charge is 0.753 e. The minimum absolute atomic E-state index is 0. The Morgan fingerprint density at radius 1 is 1.62 bits per heavy atom. The summed E-state index contributed by atoms with van der Waals surface area (Å²) in [6.45, 7) is 0. The molecule has 0 saturated carbocycles. The lowest BCUT2D eigenvalue weighted by Crippen LogP contribution is -2.18. The van der Waals surface area contributed by atoms with Gasteiger partial charge in [-0.25, -0.2) is 4.79 Å². The third kappa shape index (κ3) is 86.8. The van der Waals surface area contributed by atoms with Crippen molar-refractivity contribution >= 4 is 23.4 Å². The maximum absolute atomic E-state index is 9.00. The zero-order chi connectivity index (χ0) is 6.28. The fourth-order valence-electron chi connectivity index (χ4n) is 0. The van der Waals surface area contributed by atoms with Gasteiger partial charge in [0.2, 0.25) is 0 Å². The fraction of sp³-hybridized carbons (Fsp3) is 0. The highest BCUT2D eigenvalue weighted by Crippen LogP contribution is 1.25. The first-order valence-corrected chi connectivity index (χ1v) is 1.62. The van der Waals surface area contributed by atoms with Crippen molar-refractivity contribution in [2.75, 3.05) is 0 Å². The van der Waals surface area contributed by atoms with Crippen LogP contribution in [0.3, 0.4) is 0 Å². The molecule has 0 heterocycles. The maximum atomic E-state index is 9.00. The van der Waals surface area contributed by atoms with Crippen LogP contribution in [0.1, 0.15) is 0 Å². The van der Waals surface area contributed by atoms with Gasteiger partial charge in [0.25, 0.3) is 0 Å². The summed E-state index contributed by atoms with van der Waals surface area (Å²) in [7, 11) is 0. The summed E-state index contributed by atoms with van der Waals surface area (Å²) in [6, 6.07) is -0.833. The van der Waals surface area contributed by atoms with Crippen molar-refractivity contribution in [3.8, 4) is 0 Å². The van der Waals surface area contributed by atoms with E-state index in [0.29, 0.717) is 0 Å². The molecule has 8 N–H and O–H groups in total. The first kappa shape index (κ1) is 15.7. The molecule has 0 aliphatic carbocycles. The van der Waals surface area contributed by atoms with Gasteiger partial charge in [0.1, 0.15) is 0 Å². The number of primary amides is 2. The van der Waals surface area contributed by atoms with Crippen LogP contribution in [0, 0.1) is 0 Å². The van der Waals surface area contributed by atoms with Crippen molar-refractivity contribution in [1.29, 1.82) is 0 Å². The van der Waals surface area contributed by atoms with E-state index in [-0.39, 0.29) is 6.15 Å². The van der Waals surface area contributed by atoms with Crippen LogP contribution in [0.15, 0.2) is 0 Å². The molecular weight excluding hydrogens is 128 g/mol. The minimum atomic E-state index is -0.833. The topological polar surface area (TPSA) is 128 Å². The standard InChI is InChI=1S/CH4N2O.CNS.H3N/c2-1(3)4;2-1-3;/h(H4,2,3,4);;1H3/q;-1;/p+1. The van der Waals surface area contributed by atoms with Crippen LogP contribution in [-0.4, -0.2) is 11.2 Å². The molecule has 0 saturated heterocycles. The summed E-state index contributed by atoms with van der Waals surface area (Å²) in [5.41, 5.74) is 8.50. The highest BCUT2D eigenvalue weighted by molar-refractivity contribution is 7.78. The number of nitrogens with two attached hydrogens (primary N) is 2. The Bertz CT molecular complexity index is 82.0. The average Bonchev–Trinajstić information content (AvgIpc) is 1.33. The van der Waals surface area contributed by atoms with Crippen molar-refractivity contribution in [1.82, 2.24) is 6.15 Å². The lowest BCUT2D eigenvalue weighted by atomic mass is 11.2. The Balaban J connectivity index is -0.0000000575. The third-order valence-electron chi connectivity index (χ3n) is 0. The Kier molecular flexibility index (Phi) is 32.7. The summed E-state index contributed by atoms with van der Waals surface area (Å²) in [4.78, 5) is 9.00. The Hall–Kier alpha value is -0.970. The first-order valence-electron chi connectivity index (χ1n) is 1.21. The molecule has 0 aromatic rings. The molecule has 0 fully saturated rings. The molecule has 0 aromatic heterocycles. The minimum Gasteiger partial charge on any atom is -0.753 e. The quantitative estimate of drug-likeness (QED) is 0.321. The molecule has 0 aromatic carbocycles. The van der Waals surface area contributed by atoms with Crippen LogP contribution in [0.5, 0.6) is 0 Å². The molecule has 0 aliphatic heterocycles. The molecule has 0 spiro atoms. The smallest absolute Gasteiger partial charge is 0.309 e. The monoisotopic (exact) mass is 136 g/mol. The van der Waals surface area contributed by atoms with E-state index in [2.05, 4.69) is 23.7 Å². The molecule has 0 bridgehead atoms. The van der Waals surface area contributed by atoms with Gasteiger partial charge in [0, 0.05) is 0 Å². The van der Waals surface area contributed by atoms with Crippen molar-refractivity contribution in [2.24, 2.45) is 11.5 Å². The number of thiocarbonyl (C=S) groups is 1. The van der Waals surface area contributed by atoms with Gasteiger partial charge in [-0.15, -0.1) is 0 Å². The number of carbonyl (C=O) groups is 1. The fourth-order valence-corrected chi connectivity index (χ4v) is 0. The predicted octanol–water partition coefficient (Wildman–Crippen LogP) is 0.0586. The maximum Gasteiger partial charge on any atom is 0.309 e. The van der Waals surface area contributed by atoms with Gasteiger partial charge in [0.15, 0.2) is 0 Å². The number of quaternary nitrogens is 1. The van der Waals surface area contributed by atoms with Crippen LogP contribution in [0.25, 0.3) is 5.41 Å². The SMILES string of the molecule is NC(N)=O.[N-]=C=S.[NH4+]. The van der Waals surface area contributed by atoms with Gasteiger partial charge in [-0.2, -0.15) is 5.16 Å². The van der Waals surface area contributed by atoms with E-state index < -0.39 is 6.03 Å². The van der Waals surface area contributed by atoms with E-state index in [1.165, 1.54) is 5.16 Å². The summed E-state index contributed by atoms with van der Waals surface area (Å²) in [5, 5.41) is 8.47. The number of hydrogen-bond donors (Lipinski definition) is 3. The van der Waals surface area contributed by atoms with E-state index in [4.69, 9.17) is 10.2 Å². The lowest BCUT2D eigenvalue weighted by Gasteiger charge is -1.62. The molecule has 0 atom stereocenters. The number of hydrogen-bond acceptors (Lipinski definition) is 2. The molecule has 0 radical (unpaired) electrons. The highest BCUT2D eigenvalue weighted by atomic mass is 32.1. The predicted molar refractivity (Wildman–Crippen MR) is 35.7 cm³/mol. The van der Waals surface area contributed by atoms with Gasteiger partial charge in [0.05, 0.1) is 0 Å². The first-order chi connectivity index (χ1) is 3.15. The number of amides is 2. The van der Waals surface area contributed by atoms with Crippen molar-refractivity contribution in [3.63, 3.8) is 0 Å². The highest BCUT2D eigenvalue weighted by Gasteiger charge is 1.60. The summed E-state index contributed by atoms with van der Waals surface area (Å²) >= 11 is 3.70. The Labute approximate surface area is 52.1 Å². The van der Waals surface area contributed by atoms with Crippen LogP contribution in [0.4, 0.5) is 4.79 Å². The van der Waals surface area contributed by atoms with Crippen LogP contribution >= 0.6 is 12.2 Å². The molecule has 0 aliphatic rings. The normalized spacial score (nSPS) is 4.00. The van der Waals surface area contributed by atoms with Gasteiger partial charge in [-0.1, -0.05) is 12.2 Å². The Morgan fingerprint density at radius 2 is 1.62 bits per heavy atom. The molecule has 0 unspecified atom stereocenters. The Morgan fingerprint density at radius 3 is 1.62 bits per heavy atom. The molecular formula is C2H8N4OS. The van der Waals surface area contributed by atoms with Gasteiger partial charge < -0.3 is 23.0 Å². The second kappa shape index (κ2) is 16.6. The summed E-state index contributed by atoms with van der Waals surface area (Å²) in [6.07, 6.45) is 0. The third-order valence-corrected chi connectivity index (χ3v) is 0. The zero-order valence-corrected chi connectivity index (χ0v) is 5.23. The zero-order valence-electron chi connectivity index (χ0n) is 4.42. The molecule has 5 nitrogen and oxygen atoms in total. The van der Waals surface area contributed by atoms with Crippen LogP contribution in [-0.2, 0) is 0 Å². The van der Waals surface area contributed by atoms with E-state index >= 15 is 0 Å². The molecule has 2 amide bonds. The molecule has 0 rings (SSSR count).